The van der Waals surface area contributed by atoms with Crippen LogP contribution < -0.4 is 4.72 Å². The molecule has 0 unspecified atom stereocenters. The van der Waals surface area contributed by atoms with Gasteiger partial charge in [-0.05, 0) is 12.5 Å². The Kier molecular flexibility index (Phi) is 5.06. The fourth-order valence-electron chi connectivity index (χ4n) is 1.27. The van der Waals surface area contributed by atoms with Gasteiger partial charge in [-0.25, -0.2) is 13.1 Å². The zero-order valence-corrected chi connectivity index (χ0v) is 11.3. The average Bonchev–Trinajstić information content (AvgIpc) is 2.29. The highest BCUT2D eigenvalue weighted by Crippen LogP contribution is 2.25. The highest BCUT2D eigenvalue weighted by Gasteiger charge is 2.20. The van der Waals surface area contributed by atoms with Crippen molar-refractivity contribution in [1.29, 1.82) is 0 Å². The highest BCUT2D eigenvalue weighted by atomic mass is 35.5. The van der Waals surface area contributed by atoms with Gasteiger partial charge in [0.25, 0.3) is 5.69 Å². The number of rotatable bonds is 6. The molecule has 1 rings (SSSR count). The van der Waals surface area contributed by atoms with Crippen molar-refractivity contribution in [2.24, 2.45) is 0 Å². The molecule has 1 aromatic rings. The number of nitrogens with zero attached hydrogens (tertiary/aromatic N) is 1. The summed E-state index contributed by atoms with van der Waals surface area (Å²) >= 11 is 5.76. The highest BCUT2D eigenvalue weighted by molar-refractivity contribution is 7.89. The summed E-state index contributed by atoms with van der Waals surface area (Å²) in [6.45, 7) is 2.20. The Bertz CT molecular complexity index is 545. The summed E-state index contributed by atoms with van der Waals surface area (Å²) in [6, 6.07) is 3.32. The molecule has 0 aliphatic heterocycles. The molecule has 8 heteroatoms. The van der Waals surface area contributed by atoms with Crippen LogP contribution >= 0.6 is 11.6 Å². The van der Waals surface area contributed by atoms with Crippen molar-refractivity contribution < 1.29 is 13.3 Å². The quantitative estimate of drug-likeness (QED) is 0.495. The molecule has 0 heterocycles. The first kappa shape index (κ1) is 14.9. The van der Waals surface area contributed by atoms with Gasteiger partial charge in [-0.1, -0.05) is 24.9 Å². The number of sulfonamides is 1. The molecule has 0 saturated carbocycles. The number of unbranched alkanes of at least 4 members (excludes halogenated alkanes) is 1. The molecule has 0 bridgehead atoms. The van der Waals surface area contributed by atoms with Crippen LogP contribution in [0.15, 0.2) is 23.1 Å². The van der Waals surface area contributed by atoms with Crippen molar-refractivity contribution >= 4 is 27.3 Å². The van der Waals surface area contributed by atoms with Crippen molar-refractivity contribution in [3.05, 3.63) is 33.3 Å². The van der Waals surface area contributed by atoms with Crippen molar-refractivity contribution in [3.63, 3.8) is 0 Å². The SMILES string of the molecule is CCCCNS(=O)(=O)c1cc([N+](=O)[O-])ccc1Cl. The molecule has 0 aromatic heterocycles. The molecular weight excluding hydrogens is 280 g/mol. The predicted octanol–water partition coefficient (Wildman–Crippen LogP) is 2.33. The summed E-state index contributed by atoms with van der Waals surface area (Å²) in [5.74, 6) is 0. The Hall–Kier alpha value is -1.18. The Morgan fingerprint density at radius 2 is 2.11 bits per heavy atom. The number of nitro groups is 1. The molecule has 0 spiro atoms. The van der Waals surface area contributed by atoms with E-state index in [0.29, 0.717) is 6.42 Å². The van der Waals surface area contributed by atoms with E-state index in [1.807, 2.05) is 6.92 Å². The molecule has 100 valence electrons. The molecule has 0 fully saturated rings. The van der Waals surface area contributed by atoms with E-state index in [9.17, 15) is 18.5 Å². The number of halogens is 1. The third kappa shape index (κ3) is 3.66. The van der Waals surface area contributed by atoms with Gasteiger partial charge in [0.05, 0.1) is 9.95 Å². The standard InChI is InChI=1S/C10H13ClN2O4S/c1-2-3-6-12-18(16,17)10-7-8(13(14)15)4-5-9(10)11/h4-5,7,12H,2-3,6H2,1H3. The zero-order chi connectivity index (χ0) is 13.8. The number of nitro benzene ring substituents is 1. The summed E-state index contributed by atoms with van der Waals surface area (Å²) in [5.41, 5.74) is -0.310. The van der Waals surface area contributed by atoms with E-state index in [1.165, 1.54) is 6.07 Å². The lowest BCUT2D eigenvalue weighted by molar-refractivity contribution is -0.385. The van der Waals surface area contributed by atoms with Crippen LogP contribution in [-0.4, -0.2) is 19.9 Å². The van der Waals surface area contributed by atoms with Crippen LogP contribution in [0.1, 0.15) is 19.8 Å². The van der Waals surface area contributed by atoms with Crippen LogP contribution in [0.2, 0.25) is 5.02 Å². The summed E-state index contributed by atoms with van der Waals surface area (Å²) in [4.78, 5) is 9.66. The Morgan fingerprint density at radius 3 is 2.67 bits per heavy atom. The van der Waals surface area contributed by atoms with Crippen molar-refractivity contribution in [2.75, 3.05) is 6.54 Å². The van der Waals surface area contributed by atoms with E-state index in [4.69, 9.17) is 11.6 Å². The van der Waals surface area contributed by atoms with E-state index in [0.717, 1.165) is 18.6 Å². The predicted molar refractivity (Wildman–Crippen MR) is 68.2 cm³/mol. The van der Waals surface area contributed by atoms with Crippen molar-refractivity contribution in [1.82, 2.24) is 4.72 Å². The maximum atomic E-state index is 11.9. The van der Waals surface area contributed by atoms with Crippen LogP contribution in [0.3, 0.4) is 0 Å². The first-order valence-electron chi connectivity index (χ1n) is 5.32. The summed E-state index contributed by atoms with van der Waals surface area (Å²) in [7, 11) is -3.81. The molecular formula is C10H13ClN2O4S. The van der Waals surface area contributed by atoms with Gasteiger partial charge in [-0.3, -0.25) is 10.1 Å². The minimum Gasteiger partial charge on any atom is -0.258 e. The number of benzene rings is 1. The third-order valence-electron chi connectivity index (χ3n) is 2.24. The molecule has 0 atom stereocenters. The maximum Gasteiger partial charge on any atom is 0.270 e. The summed E-state index contributed by atoms with van der Waals surface area (Å²) < 4.78 is 26.1. The van der Waals surface area contributed by atoms with Crippen molar-refractivity contribution in [3.8, 4) is 0 Å². The Labute approximate surface area is 110 Å². The smallest absolute Gasteiger partial charge is 0.258 e. The number of non-ortho nitro benzene ring substituents is 1. The zero-order valence-electron chi connectivity index (χ0n) is 9.72. The van der Waals surface area contributed by atoms with Crippen molar-refractivity contribution in [2.45, 2.75) is 24.7 Å². The van der Waals surface area contributed by atoms with E-state index in [1.54, 1.807) is 0 Å². The summed E-state index contributed by atoms with van der Waals surface area (Å²) in [5, 5.41) is 10.6. The van der Waals surface area contributed by atoms with Gasteiger partial charge in [0, 0.05) is 18.7 Å². The number of nitrogens with one attached hydrogen (secondary N) is 1. The second-order valence-corrected chi connectivity index (χ2v) is 5.77. The average molecular weight is 293 g/mol. The molecule has 18 heavy (non-hydrogen) atoms. The van der Waals surface area contributed by atoms with Gasteiger partial charge in [0.15, 0.2) is 0 Å². The Balaban J connectivity index is 3.07. The van der Waals surface area contributed by atoms with Crippen LogP contribution in [0.25, 0.3) is 0 Å². The van der Waals surface area contributed by atoms with E-state index in [2.05, 4.69) is 4.72 Å². The largest absolute Gasteiger partial charge is 0.270 e. The minimum absolute atomic E-state index is 0.0374. The van der Waals surface area contributed by atoms with E-state index < -0.39 is 14.9 Å². The molecule has 0 aliphatic rings. The molecule has 0 radical (unpaired) electrons. The number of hydrogen-bond acceptors (Lipinski definition) is 4. The van der Waals surface area contributed by atoms with E-state index >= 15 is 0 Å². The monoisotopic (exact) mass is 292 g/mol. The summed E-state index contributed by atoms with van der Waals surface area (Å²) in [6.07, 6.45) is 1.52. The van der Waals surface area contributed by atoms with Crippen LogP contribution in [0.5, 0.6) is 0 Å². The first-order valence-corrected chi connectivity index (χ1v) is 7.18. The van der Waals surface area contributed by atoms with Gasteiger partial charge in [0.2, 0.25) is 10.0 Å². The van der Waals surface area contributed by atoms with Crippen LogP contribution in [0, 0.1) is 10.1 Å². The lowest BCUT2D eigenvalue weighted by Gasteiger charge is -2.07. The van der Waals surface area contributed by atoms with Gasteiger partial charge in [-0.15, -0.1) is 0 Å². The van der Waals surface area contributed by atoms with Crippen LogP contribution in [0.4, 0.5) is 5.69 Å². The lowest BCUT2D eigenvalue weighted by atomic mass is 10.3. The molecule has 0 aliphatic carbocycles. The first-order chi connectivity index (χ1) is 8.38. The molecule has 6 nitrogen and oxygen atoms in total. The Morgan fingerprint density at radius 1 is 1.44 bits per heavy atom. The fraction of sp³-hybridized carbons (Fsp3) is 0.400. The molecule has 1 aromatic carbocycles. The second-order valence-electron chi connectivity index (χ2n) is 3.62. The van der Waals surface area contributed by atoms with Crippen LogP contribution in [-0.2, 0) is 10.0 Å². The maximum absolute atomic E-state index is 11.9. The normalized spacial score (nSPS) is 11.4. The topological polar surface area (TPSA) is 89.3 Å². The van der Waals surface area contributed by atoms with Gasteiger partial charge < -0.3 is 0 Å². The lowest BCUT2D eigenvalue weighted by Crippen LogP contribution is -2.25. The van der Waals surface area contributed by atoms with Gasteiger partial charge >= 0.3 is 0 Å². The molecule has 0 amide bonds. The fourth-order valence-corrected chi connectivity index (χ4v) is 2.86. The van der Waals surface area contributed by atoms with E-state index in [-0.39, 0.29) is 22.2 Å². The van der Waals surface area contributed by atoms with Gasteiger partial charge in [0.1, 0.15) is 4.90 Å². The third-order valence-corrected chi connectivity index (χ3v) is 4.18. The molecule has 0 saturated heterocycles. The van der Waals surface area contributed by atoms with Gasteiger partial charge in [-0.2, -0.15) is 0 Å². The molecule has 1 N–H and O–H groups in total. The minimum atomic E-state index is -3.81. The second kappa shape index (κ2) is 6.12. The number of hydrogen-bond donors (Lipinski definition) is 1.